The summed E-state index contributed by atoms with van der Waals surface area (Å²) in [6, 6.07) is 3.90. The fourth-order valence-electron chi connectivity index (χ4n) is 3.99. The molecule has 1 N–H and O–H groups in total. The van der Waals surface area contributed by atoms with Gasteiger partial charge in [-0.1, -0.05) is 18.5 Å². The van der Waals surface area contributed by atoms with Crippen molar-refractivity contribution in [2.45, 2.75) is 45.1 Å². The van der Waals surface area contributed by atoms with Crippen LogP contribution in [0.4, 0.5) is 20.4 Å². The number of hydrogen-bond acceptors (Lipinski definition) is 5. The Morgan fingerprint density at radius 3 is 2.70 bits per heavy atom. The number of benzene rings is 1. The molecule has 0 aliphatic carbocycles. The van der Waals surface area contributed by atoms with Gasteiger partial charge in [0.2, 0.25) is 5.95 Å². The van der Waals surface area contributed by atoms with Crippen molar-refractivity contribution in [1.29, 1.82) is 0 Å². The first-order valence-corrected chi connectivity index (χ1v) is 10.6. The Kier molecular flexibility index (Phi) is 6.15. The van der Waals surface area contributed by atoms with Crippen molar-refractivity contribution in [3.8, 4) is 0 Å². The van der Waals surface area contributed by atoms with Gasteiger partial charge in [0.05, 0.1) is 17.4 Å². The van der Waals surface area contributed by atoms with Gasteiger partial charge in [-0.25, -0.2) is 18.7 Å². The van der Waals surface area contributed by atoms with E-state index in [0.29, 0.717) is 18.9 Å². The Labute approximate surface area is 179 Å². The first-order chi connectivity index (χ1) is 14.5. The lowest BCUT2D eigenvalue weighted by molar-refractivity contribution is 0.139. The van der Waals surface area contributed by atoms with E-state index in [1.165, 1.54) is 10.9 Å². The van der Waals surface area contributed by atoms with E-state index in [1.807, 2.05) is 19.1 Å². The summed E-state index contributed by atoms with van der Waals surface area (Å²) in [5.74, 6) is 0.652. The summed E-state index contributed by atoms with van der Waals surface area (Å²) in [5, 5.41) is 8.54. The average Bonchev–Trinajstić information content (AvgIpc) is 3.11. The monoisotopic (exact) mass is 434 g/mol. The van der Waals surface area contributed by atoms with Crippen LogP contribution in [0.2, 0.25) is 5.02 Å². The van der Waals surface area contributed by atoms with Gasteiger partial charge >= 0.3 is 0 Å². The maximum absolute atomic E-state index is 13.6. The second kappa shape index (κ2) is 8.81. The quantitative estimate of drug-likeness (QED) is 0.564. The molecule has 9 heteroatoms. The van der Waals surface area contributed by atoms with Crippen LogP contribution in [0, 0.1) is 0 Å². The third-order valence-electron chi connectivity index (χ3n) is 5.63. The van der Waals surface area contributed by atoms with E-state index in [-0.39, 0.29) is 17.3 Å². The number of aromatic nitrogens is 4. The minimum atomic E-state index is -2.64. The molecule has 0 unspecified atom stereocenters. The zero-order chi connectivity index (χ0) is 21.3. The van der Waals surface area contributed by atoms with Crippen molar-refractivity contribution in [3.05, 3.63) is 40.8 Å². The number of hydrogen-bond donors (Lipinski definition) is 1. The molecule has 1 aliphatic heterocycles. The van der Waals surface area contributed by atoms with Crippen molar-refractivity contribution < 1.29 is 8.78 Å². The SMILES string of the molecule is CCCn1ncc(Nc2ncc3cc(Cl)c(C4CCN(C)CC4)cc3n2)c1C(F)F. The first-order valence-electron chi connectivity index (χ1n) is 10.2. The van der Waals surface area contributed by atoms with E-state index in [2.05, 4.69) is 32.3 Å². The van der Waals surface area contributed by atoms with E-state index < -0.39 is 6.43 Å². The highest BCUT2D eigenvalue weighted by atomic mass is 35.5. The molecule has 0 spiro atoms. The van der Waals surface area contributed by atoms with E-state index in [9.17, 15) is 8.78 Å². The molecule has 3 heterocycles. The van der Waals surface area contributed by atoms with Crippen LogP contribution < -0.4 is 5.32 Å². The second-order valence-corrected chi connectivity index (χ2v) is 8.20. The smallest absolute Gasteiger partial charge is 0.282 e. The molecule has 0 saturated carbocycles. The van der Waals surface area contributed by atoms with Crippen LogP contribution in [-0.2, 0) is 6.54 Å². The fourth-order valence-corrected chi connectivity index (χ4v) is 4.32. The molecule has 0 atom stereocenters. The lowest BCUT2D eigenvalue weighted by atomic mass is 9.89. The Bertz CT molecular complexity index is 1030. The van der Waals surface area contributed by atoms with Gasteiger partial charge in [-0.05, 0) is 63.0 Å². The molecule has 1 aromatic carbocycles. The Hall–Kier alpha value is -2.32. The predicted octanol–water partition coefficient (Wildman–Crippen LogP) is 5.38. The number of piperidine rings is 1. The molecule has 3 aromatic rings. The molecule has 30 heavy (non-hydrogen) atoms. The highest BCUT2D eigenvalue weighted by molar-refractivity contribution is 6.32. The Morgan fingerprint density at radius 1 is 1.23 bits per heavy atom. The molecule has 1 saturated heterocycles. The number of nitrogens with one attached hydrogen (secondary N) is 1. The molecule has 0 bridgehead atoms. The standard InChI is InChI=1S/C21H25ClF2N6/c1-3-6-30-19(20(23)24)18(12-26-30)28-21-25-11-14-9-16(22)15(10-17(14)27-21)13-4-7-29(2)8-5-13/h9-13,20H,3-8H2,1-2H3,(H,25,27,28). The van der Waals surface area contributed by atoms with Crippen LogP contribution in [0.25, 0.3) is 10.9 Å². The number of rotatable bonds is 6. The molecule has 160 valence electrons. The van der Waals surface area contributed by atoms with Gasteiger partial charge in [0.15, 0.2) is 0 Å². The molecule has 0 amide bonds. The van der Waals surface area contributed by atoms with Gasteiger partial charge in [-0.3, -0.25) is 4.68 Å². The first kappa shape index (κ1) is 20.9. The Morgan fingerprint density at radius 2 is 2.00 bits per heavy atom. The van der Waals surface area contributed by atoms with Crippen LogP contribution in [0.5, 0.6) is 0 Å². The van der Waals surface area contributed by atoms with Gasteiger partial charge in [0, 0.05) is 23.2 Å². The predicted molar refractivity (Wildman–Crippen MR) is 115 cm³/mol. The zero-order valence-electron chi connectivity index (χ0n) is 17.1. The largest absolute Gasteiger partial charge is 0.321 e. The molecular weight excluding hydrogens is 410 g/mol. The number of alkyl halides is 2. The molecule has 2 aromatic heterocycles. The number of nitrogens with zero attached hydrogens (tertiary/aromatic N) is 5. The van der Waals surface area contributed by atoms with Crippen LogP contribution in [0.1, 0.15) is 49.8 Å². The summed E-state index contributed by atoms with van der Waals surface area (Å²) in [6.45, 7) is 4.42. The number of likely N-dealkylation sites (tertiary alicyclic amines) is 1. The number of fused-ring (bicyclic) bond motifs is 1. The summed E-state index contributed by atoms with van der Waals surface area (Å²) in [4.78, 5) is 11.2. The van der Waals surface area contributed by atoms with E-state index in [0.717, 1.165) is 47.4 Å². The molecule has 0 radical (unpaired) electrons. The van der Waals surface area contributed by atoms with Crippen LogP contribution in [0.15, 0.2) is 24.5 Å². The summed E-state index contributed by atoms with van der Waals surface area (Å²) in [5.41, 5.74) is 1.90. The minimum Gasteiger partial charge on any atom is -0.321 e. The van der Waals surface area contributed by atoms with Crippen molar-refractivity contribution in [3.63, 3.8) is 0 Å². The highest BCUT2D eigenvalue weighted by Crippen LogP contribution is 2.35. The van der Waals surface area contributed by atoms with Crippen molar-refractivity contribution in [1.82, 2.24) is 24.6 Å². The number of halogens is 3. The molecular formula is C21H25ClF2N6. The van der Waals surface area contributed by atoms with E-state index >= 15 is 0 Å². The third-order valence-corrected chi connectivity index (χ3v) is 5.95. The van der Waals surface area contributed by atoms with Crippen LogP contribution >= 0.6 is 11.6 Å². The lowest BCUT2D eigenvalue weighted by Gasteiger charge is -2.29. The average molecular weight is 435 g/mol. The number of anilines is 2. The van der Waals surface area contributed by atoms with Crippen molar-refractivity contribution in [2.75, 3.05) is 25.5 Å². The molecule has 4 rings (SSSR count). The zero-order valence-corrected chi connectivity index (χ0v) is 17.8. The maximum atomic E-state index is 13.6. The van der Waals surface area contributed by atoms with E-state index in [4.69, 9.17) is 11.6 Å². The highest BCUT2D eigenvalue weighted by Gasteiger charge is 2.22. The van der Waals surface area contributed by atoms with Crippen molar-refractivity contribution in [2.24, 2.45) is 0 Å². The number of aryl methyl sites for hydroxylation is 1. The summed E-state index contributed by atoms with van der Waals surface area (Å²) >= 11 is 6.55. The lowest BCUT2D eigenvalue weighted by Crippen LogP contribution is -2.29. The summed E-state index contributed by atoms with van der Waals surface area (Å²) in [7, 11) is 2.12. The normalized spacial score (nSPS) is 15.9. The van der Waals surface area contributed by atoms with Gasteiger partial charge < -0.3 is 10.2 Å². The van der Waals surface area contributed by atoms with Gasteiger partial charge in [0.25, 0.3) is 6.43 Å². The van der Waals surface area contributed by atoms with Gasteiger partial charge in [0.1, 0.15) is 5.69 Å². The second-order valence-electron chi connectivity index (χ2n) is 7.80. The Balaban J connectivity index is 1.64. The molecule has 1 aliphatic rings. The molecule has 6 nitrogen and oxygen atoms in total. The summed E-state index contributed by atoms with van der Waals surface area (Å²) in [6.07, 6.45) is 3.23. The maximum Gasteiger partial charge on any atom is 0.282 e. The van der Waals surface area contributed by atoms with Crippen LogP contribution in [-0.4, -0.2) is 44.8 Å². The van der Waals surface area contributed by atoms with Gasteiger partial charge in [-0.15, -0.1) is 0 Å². The topological polar surface area (TPSA) is 58.9 Å². The van der Waals surface area contributed by atoms with E-state index in [1.54, 1.807) is 6.20 Å². The summed E-state index contributed by atoms with van der Waals surface area (Å²) < 4.78 is 28.5. The van der Waals surface area contributed by atoms with Crippen molar-refractivity contribution >= 4 is 34.1 Å². The third kappa shape index (κ3) is 4.25. The minimum absolute atomic E-state index is 0.149. The molecule has 1 fully saturated rings. The van der Waals surface area contributed by atoms with Gasteiger partial charge in [-0.2, -0.15) is 5.10 Å². The fraction of sp³-hybridized carbons (Fsp3) is 0.476. The van der Waals surface area contributed by atoms with Crippen LogP contribution in [0.3, 0.4) is 0 Å².